The fourth-order valence-corrected chi connectivity index (χ4v) is 2.33. The molecule has 0 saturated heterocycles. The van der Waals surface area contributed by atoms with E-state index in [-0.39, 0.29) is 0 Å². The summed E-state index contributed by atoms with van der Waals surface area (Å²) in [4.78, 5) is 8.16. The van der Waals surface area contributed by atoms with Crippen LogP contribution in [0.2, 0.25) is 0 Å². The van der Waals surface area contributed by atoms with Crippen LogP contribution in [0.1, 0.15) is 11.1 Å². The Kier molecular flexibility index (Phi) is 3.28. The first kappa shape index (κ1) is 11.9. The molecule has 3 N–H and O–H groups in total. The van der Waals surface area contributed by atoms with Crippen LogP contribution in [0.15, 0.2) is 29.0 Å². The molecule has 5 heteroatoms. The summed E-state index contributed by atoms with van der Waals surface area (Å²) in [5.41, 5.74) is 8.84. The molecule has 0 aliphatic rings. The van der Waals surface area contributed by atoms with Gasteiger partial charge in [-0.05, 0) is 37.1 Å². The van der Waals surface area contributed by atoms with Gasteiger partial charge in [0, 0.05) is 10.2 Å². The average molecular weight is 293 g/mol. The molecule has 2 rings (SSSR count). The molecule has 0 radical (unpaired) electrons. The van der Waals surface area contributed by atoms with E-state index in [9.17, 15) is 0 Å². The number of nitrogen functional groups attached to an aromatic ring is 1. The van der Waals surface area contributed by atoms with E-state index in [2.05, 4.69) is 43.3 Å². The summed E-state index contributed by atoms with van der Waals surface area (Å²) in [5.74, 6) is 1.10. The van der Waals surface area contributed by atoms with Crippen molar-refractivity contribution in [2.24, 2.45) is 0 Å². The van der Waals surface area contributed by atoms with Gasteiger partial charge in [0.15, 0.2) is 0 Å². The van der Waals surface area contributed by atoms with Gasteiger partial charge in [-0.15, -0.1) is 0 Å². The minimum Gasteiger partial charge on any atom is -0.382 e. The molecule has 0 unspecified atom stereocenters. The topological polar surface area (TPSA) is 63.8 Å². The lowest BCUT2D eigenvalue weighted by Gasteiger charge is -2.12. The van der Waals surface area contributed by atoms with Crippen molar-refractivity contribution in [2.75, 3.05) is 11.1 Å². The van der Waals surface area contributed by atoms with Crippen molar-refractivity contribution < 1.29 is 0 Å². The van der Waals surface area contributed by atoms with Gasteiger partial charge < -0.3 is 11.1 Å². The molecular weight excluding hydrogens is 280 g/mol. The van der Waals surface area contributed by atoms with E-state index in [1.54, 1.807) is 6.20 Å². The van der Waals surface area contributed by atoms with Gasteiger partial charge in [-0.25, -0.2) is 9.97 Å². The number of nitrogens with one attached hydrogen (secondary N) is 1. The number of anilines is 3. The number of aryl methyl sites for hydroxylation is 2. The SMILES string of the molecule is Cc1cc(Br)cc(C)c1Nc1cnc(N)cn1. The Morgan fingerprint density at radius 2 is 1.76 bits per heavy atom. The molecule has 0 saturated carbocycles. The Morgan fingerprint density at radius 3 is 2.29 bits per heavy atom. The van der Waals surface area contributed by atoms with Crippen LogP contribution < -0.4 is 11.1 Å². The van der Waals surface area contributed by atoms with Crippen molar-refractivity contribution in [3.63, 3.8) is 0 Å². The van der Waals surface area contributed by atoms with E-state index in [4.69, 9.17) is 5.73 Å². The predicted molar refractivity (Wildman–Crippen MR) is 73.3 cm³/mol. The van der Waals surface area contributed by atoms with Crippen LogP contribution in [-0.4, -0.2) is 9.97 Å². The summed E-state index contributed by atoms with van der Waals surface area (Å²) in [6.45, 7) is 4.09. The number of aromatic nitrogens is 2. The Hall–Kier alpha value is -1.62. The molecule has 0 fully saturated rings. The number of rotatable bonds is 2. The predicted octanol–water partition coefficient (Wildman–Crippen LogP) is 3.18. The molecule has 0 aliphatic carbocycles. The Morgan fingerprint density at radius 1 is 1.12 bits per heavy atom. The minimum absolute atomic E-state index is 0.416. The smallest absolute Gasteiger partial charge is 0.149 e. The molecule has 0 spiro atoms. The molecule has 1 heterocycles. The van der Waals surface area contributed by atoms with Crippen molar-refractivity contribution >= 4 is 33.3 Å². The third kappa shape index (κ3) is 2.74. The van der Waals surface area contributed by atoms with Crippen LogP contribution in [0, 0.1) is 13.8 Å². The number of nitrogens with zero attached hydrogens (tertiary/aromatic N) is 2. The van der Waals surface area contributed by atoms with Crippen molar-refractivity contribution in [2.45, 2.75) is 13.8 Å². The fraction of sp³-hybridized carbons (Fsp3) is 0.167. The fourth-order valence-electron chi connectivity index (χ4n) is 1.64. The quantitative estimate of drug-likeness (QED) is 0.892. The van der Waals surface area contributed by atoms with E-state index in [0.717, 1.165) is 21.3 Å². The van der Waals surface area contributed by atoms with Crippen molar-refractivity contribution in [3.05, 3.63) is 40.1 Å². The highest BCUT2D eigenvalue weighted by molar-refractivity contribution is 9.10. The van der Waals surface area contributed by atoms with Crippen LogP contribution in [0.4, 0.5) is 17.3 Å². The second kappa shape index (κ2) is 4.71. The van der Waals surface area contributed by atoms with E-state index < -0.39 is 0 Å². The first-order valence-electron chi connectivity index (χ1n) is 5.17. The summed E-state index contributed by atoms with van der Waals surface area (Å²) in [7, 11) is 0. The second-order valence-corrected chi connectivity index (χ2v) is 4.78. The number of benzene rings is 1. The zero-order valence-corrected chi connectivity index (χ0v) is 11.2. The highest BCUT2D eigenvalue weighted by Crippen LogP contribution is 2.27. The van der Waals surface area contributed by atoms with Crippen LogP contribution in [0.3, 0.4) is 0 Å². The zero-order valence-electron chi connectivity index (χ0n) is 9.66. The second-order valence-electron chi connectivity index (χ2n) is 3.87. The monoisotopic (exact) mass is 292 g/mol. The lowest BCUT2D eigenvalue weighted by Crippen LogP contribution is -2.00. The minimum atomic E-state index is 0.416. The standard InChI is InChI=1S/C12H13BrN4/c1-7-3-9(13)4-8(2)12(7)17-11-6-15-10(14)5-16-11/h3-6H,1-2H3,(H2,14,15)(H,16,17). The third-order valence-corrected chi connectivity index (χ3v) is 2.88. The Bertz CT molecular complexity index is 514. The molecule has 88 valence electrons. The molecule has 0 atom stereocenters. The number of hydrogen-bond donors (Lipinski definition) is 2. The molecule has 1 aromatic carbocycles. The maximum atomic E-state index is 5.49. The average Bonchev–Trinajstić information content (AvgIpc) is 2.26. The number of hydrogen-bond acceptors (Lipinski definition) is 4. The van der Waals surface area contributed by atoms with E-state index in [1.165, 1.54) is 6.20 Å². The van der Waals surface area contributed by atoms with Gasteiger partial charge in [0.25, 0.3) is 0 Å². The summed E-state index contributed by atoms with van der Waals surface area (Å²) in [6.07, 6.45) is 3.15. The van der Waals surface area contributed by atoms with Gasteiger partial charge in [-0.1, -0.05) is 15.9 Å². The highest BCUT2D eigenvalue weighted by atomic mass is 79.9. The normalized spacial score (nSPS) is 10.3. The number of nitrogens with two attached hydrogens (primary N) is 1. The zero-order chi connectivity index (χ0) is 12.4. The third-order valence-electron chi connectivity index (χ3n) is 2.42. The molecule has 0 amide bonds. The first-order chi connectivity index (χ1) is 8.06. The van der Waals surface area contributed by atoms with E-state index in [0.29, 0.717) is 11.6 Å². The summed E-state index contributed by atoms with van der Waals surface area (Å²) < 4.78 is 1.07. The van der Waals surface area contributed by atoms with Crippen molar-refractivity contribution in [1.29, 1.82) is 0 Å². The molecule has 0 aliphatic heterocycles. The van der Waals surface area contributed by atoms with Gasteiger partial charge in [-0.3, -0.25) is 0 Å². The van der Waals surface area contributed by atoms with Gasteiger partial charge in [0.2, 0.25) is 0 Å². The Balaban J connectivity index is 2.33. The summed E-state index contributed by atoms with van der Waals surface area (Å²) in [5, 5.41) is 3.24. The summed E-state index contributed by atoms with van der Waals surface area (Å²) >= 11 is 3.47. The van der Waals surface area contributed by atoms with Crippen LogP contribution in [0.5, 0.6) is 0 Å². The van der Waals surface area contributed by atoms with Gasteiger partial charge in [-0.2, -0.15) is 0 Å². The Labute approximate surface area is 108 Å². The van der Waals surface area contributed by atoms with E-state index >= 15 is 0 Å². The molecule has 0 bridgehead atoms. The molecule has 17 heavy (non-hydrogen) atoms. The van der Waals surface area contributed by atoms with Crippen molar-refractivity contribution in [1.82, 2.24) is 9.97 Å². The molecule has 1 aromatic heterocycles. The van der Waals surface area contributed by atoms with E-state index in [1.807, 2.05) is 13.8 Å². The maximum Gasteiger partial charge on any atom is 0.149 e. The van der Waals surface area contributed by atoms with Gasteiger partial charge >= 0.3 is 0 Å². The number of halogens is 1. The van der Waals surface area contributed by atoms with Crippen molar-refractivity contribution in [3.8, 4) is 0 Å². The van der Waals surface area contributed by atoms with Crippen LogP contribution in [0.25, 0.3) is 0 Å². The van der Waals surface area contributed by atoms with Crippen LogP contribution in [-0.2, 0) is 0 Å². The molecule has 2 aromatic rings. The largest absolute Gasteiger partial charge is 0.382 e. The first-order valence-corrected chi connectivity index (χ1v) is 5.97. The summed E-state index contributed by atoms with van der Waals surface area (Å²) in [6, 6.07) is 4.11. The van der Waals surface area contributed by atoms with Gasteiger partial charge in [0.1, 0.15) is 11.6 Å². The lowest BCUT2D eigenvalue weighted by atomic mass is 10.1. The molecular formula is C12H13BrN4. The maximum absolute atomic E-state index is 5.49. The van der Waals surface area contributed by atoms with Gasteiger partial charge in [0.05, 0.1) is 12.4 Å². The molecule has 4 nitrogen and oxygen atoms in total. The highest BCUT2D eigenvalue weighted by Gasteiger charge is 2.05. The lowest BCUT2D eigenvalue weighted by molar-refractivity contribution is 1.20. The van der Waals surface area contributed by atoms with Crippen LogP contribution >= 0.6 is 15.9 Å².